The van der Waals surface area contributed by atoms with Crippen LogP contribution in [0.4, 0.5) is 5.69 Å². The summed E-state index contributed by atoms with van der Waals surface area (Å²) in [6.45, 7) is 1.06. The van der Waals surface area contributed by atoms with Crippen LogP contribution in [0, 0.1) is 0 Å². The summed E-state index contributed by atoms with van der Waals surface area (Å²) < 4.78 is 1.75. The summed E-state index contributed by atoms with van der Waals surface area (Å²) in [5, 5.41) is 4.20. The van der Waals surface area contributed by atoms with Crippen molar-refractivity contribution in [3.05, 3.63) is 76.1 Å². The molecule has 0 saturated carbocycles. The van der Waals surface area contributed by atoms with Gasteiger partial charge in [-0.1, -0.05) is 47.7 Å². The number of rotatable bonds is 9. The average Bonchev–Trinajstić information content (AvgIpc) is 2.86. The molecule has 2 aromatic carbocycles. The third-order valence-corrected chi connectivity index (χ3v) is 7.12. The Hall–Kier alpha value is -3.06. The number of para-hydroxylation sites is 1. The molecule has 1 aliphatic carbocycles. The fourth-order valence-electron chi connectivity index (χ4n) is 4.14. The summed E-state index contributed by atoms with van der Waals surface area (Å²) in [5.41, 5.74) is 4.22. The minimum atomic E-state index is -0.0781. The van der Waals surface area contributed by atoms with Crippen molar-refractivity contribution >= 4 is 34.3 Å². The highest BCUT2D eigenvalue weighted by Gasteiger charge is 2.14. The van der Waals surface area contributed by atoms with Crippen LogP contribution in [0.1, 0.15) is 37.7 Å². The number of amides is 1. The van der Waals surface area contributed by atoms with E-state index in [2.05, 4.69) is 11.4 Å². The van der Waals surface area contributed by atoms with Crippen LogP contribution in [-0.2, 0) is 17.9 Å². The van der Waals surface area contributed by atoms with Crippen molar-refractivity contribution in [3.8, 4) is 0 Å². The average molecular weight is 477 g/mol. The largest absolute Gasteiger partial charge is 0.378 e. The lowest BCUT2D eigenvalue weighted by molar-refractivity contribution is -0.118. The summed E-state index contributed by atoms with van der Waals surface area (Å²) in [7, 11) is 4.00. The van der Waals surface area contributed by atoms with Gasteiger partial charge in [-0.05, 0) is 61.9 Å². The number of nitrogens with zero attached hydrogens (tertiary/aromatic N) is 3. The van der Waals surface area contributed by atoms with Crippen molar-refractivity contribution in [2.75, 3.05) is 24.7 Å². The van der Waals surface area contributed by atoms with Gasteiger partial charge in [0.25, 0.3) is 5.56 Å². The first-order chi connectivity index (χ1) is 16.5. The van der Waals surface area contributed by atoms with E-state index in [-0.39, 0.29) is 17.2 Å². The second kappa shape index (κ2) is 11.4. The Balaban J connectivity index is 1.43. The van der Waals surface area contributed by atoms with Gasteiger partial charge in [0.05, 0.1) is 16.7 Å². The number of nitrogens with one attached hydrogen (secondary N) is 1. The minimum Gasteiger partial charge on any atom is -0.378 e. The van der Waals surface area contributed by atoms with Gasteiger partial charge < -0.3 is 10.2 Å². The second-order valence-corrected chi connectivity index (χ2v) is 9.80. The quantitative estimate of drug-likeness (QED) is 0.274. The third-order valence-electron chi connectivity index (χ3n) is 6.14. The molecule has 0 unspecified atom stereocenters. The van der Waals surface area contributed by atoms with Gasteiger partial charge in [-0.25, -0.2) is 4.98 Å². The Bertz CT molecular complexity index is 1230. The fourth-order valence-corrected chi connectivity index (χ4v) is 4.99. The maximum atomic E-state index is 13.2. The third kappa shape index (κ3) is 6.08. The van der Waals surface area contributed by atoms with E-state index in [1.807, 2.05) is 67.5 Å². The molecule has 1 aromatic heterocycles. The van der Waals surface area contributed by atoms with Crippen molar-refractivity contribution in [1.82, 2.24) is 14.9 Å². The lowest BCUT2D eigenvalue weighted by Gasteiger charge is -2.16. The zero-order valence-electron chi connectivity index (χ0n) is 19.9. The highest BCUT2D eigenvalue weighted by Crippen LogP contribution is 2.23. The number of hydrogen-bond acceptors (Lipinski definition) is 5. The zero-order valence-corrected chi connectivity index (χ0v) is 20.7. The Morgan fingerprint density at radius 1 is 1.12 bits per heavy atom. The molecule has 0 fully saturated rings. The van der Waals surface area contributed by atoms with Gasteiger partial charge in [-0.3, -0.25) is 14.2 Å². The van der Waals surface area contributed by atoms with Crippen LogP contribution in [0.2, 0.25) is 0 Å². The minimum absolute atomic E-state index is 0.0362. The van der Waals surface area contributed by atoms with Crippen LogP contribution in [-0.4, -0.2) is 35.3 Å². The van der Waals surface area contributed by atoms with Crippen molar-refractivity contribution in [2.24, 2.45) is 0 Å². The zero-order chi connectivity index (χ0) is 23.9. The molecule has 34 heavy (non-hydrogen) atoms. The van der Waals surface area contributed by atoms with Crippen LogP contribution in [0.5, 0.6) is 0 Å². The fraction of sp³-hybridized carbons (Fsp3) is 0.370. The highest BCUT2D eigenvalue weighted by molar-refractivity contribution is 7.99. The standard InChI is InChI=1S/C27H32N4O2S/c1-30(2)22-14-12-21(13-15-22)18-28-25(32)19-34-27-29-24-11-7-6-10-23(24)26(33)31(27)17-16-20-8-4-3-5-9-20/h6-8,10-15H,3-5,9,16-19H2,1-2H3,(H,28,32). The van der Waals surface area contributed by atoms with Gasteiger partial charge in [-0.2, -0.15) is 0 Å². The SMILES string of the molecule is CN(C)c1ccc(CNC(=O)CSc2nc3ccccc3c(=O)n2CCC2=CCCCC2)cc1. The molecule has 0 spiro atoms. The van der Waals surface area contributed by atoms with E-state index in [0.717, 1.165) is 30.5 Å². The van der Waals surface area contributed by atoms with E-state index in [0.29, 0.717) is 29.1 Å². The summed E-state index contributed by atoms with van der Waals surface area (Å²) in [6, 6.07) is 15.5. The van der Waals surface area contributed by atoms with Crippen LogP contribution >= 0.6 is 11.8 Å². The molecule has 6 nitrogen and oxygen atoms in total. The normalized spacial score (nSPS) is 13.5. The number of fused-ring (bicyclic) bond motifs is 1. The number of carbonyl (C=O) groups is 1. The van der Waals surface area contributed by atoms with E-state index in [4.69, 9.17) is 4.98 Å². The summed E-state index contributed by atoms with van der Waals surface area (Å²) >= 11 is 1.33. The molecule has 1 N–H and O–H groups in total. The first kappa shape index (κ1) is 24.1. The molecule has 3 aromatic rings. The van der Waals surface area contributed by atoms with E-state index in [9.17, 15) is 9.59 Å². The number of hydrogen-bond donors (Lipinski definition) is 1. The Labute approximate surface area is 205 Å². The maximum absolute atomic E-state index is 13.2. The van der Waals surface area contributed by atoms with Crippen molar-refractivity contribution in [3.63, 3.8) is 0 Å². The number of thioether (sulfide) groups is 1. The molecule has 4 rings (SSSR count). The lowest BCUT2D eigenvalue weighted by atomic mass is 9.97. The molecule has 0 atom stereocenters. The molecule has 1 aliphatic rings. The molecule has 7 heteroatoms. The number of carbonyl (C=O) groups excluding carboxylic acids is 1. The Kier molecular flexibility index (Phi) is 8.06. The van der Waals surface area contributed by atoms with Gasteiger partial charge in [0.1, 0.15) is 0 Å². The van der Waals surface area contributed by atoms with Crippen molar-refractivity contribution in [1.29, 1.82) is 0 Å². The Morgan fingerprint density at radius 2 is 1.91 bits per heavy atom. The van der Waals surface area contributed by atoms with Crippen LogP contribution in [0.3, 0.4) is 0 Å². The van der Waals surface area contributed by atoms with E-state index < -0.39 is 0 Å². The number of anilines is 1. The van der Waals surface area contributed by atoms with Crippen LogP contribution in [0.15, 0.2) is 70.1 Å². The van der Waals surface area contributed by atoms with Gasteiger partial charge in [-0.15, -0.1) is 0 Å². The molecular weight excluding hydrogens is 444 g/mol. The topological polar surface area (TPSA) is 67.2 Å². The number of allylic oxidation sites excluding steroid dienone is 2. The number of benzene rings is 2. The predicted molar refractivity (Wildman–Crippen MR) is 141 cm³/mol. The molecule has 1 heterocycles. The van der Waals surface area contributed by atoms with Crippen molar-refractivity contribution in [2.45, 2.75) is 50.4 Å². The molecule has 0 bridgehead atoms. The van der Waals surface area contributed by atoms with E-state index in [1.54, 1.807) is 4.57 Å². The maximum Gasteiger partial charge on any atom is 0.262 e. The first-order valence-corrected chi connectivity index (χ1v) is 12.8. The van der Waals surface area contributed by atoms with Crippen LogP contribution < -0.4 is 15.8 Å². The van der Waals surface area contributed by atoms with Gasteiger partial charge in [0.15, 0.2) is 5.16 Å². The molecule has 1 amide bonds. The van der Waals surface area contributed by atoms with E-state index in [1.165, 1.54) is 30.2 Å². The smallest absolute Gasteiger partial charge is 0.262 e. The first-order valence-electron chi connectivity index (χ1n) is 11.8. The molecule has 0 aliphatic heterocycles. The van der Waals surface area contributed by atoms with Crippen LogP contribution in [0.25, 0.3) is 10.9 Å². The lowest BCUT2D eigenvalue weighted by Crippen LogP contribution is -2.27. The van der Waals surface area contributed by atoms with Gasteiger partial charge in [0.2, 0.25) is 5.91 Å². The predicted octanol–water partition coefficient (Wildman–Crippen LogP) is 4.76. The summed E-state index contributed by atoms with van der Waals surface area (Å²) in [5.74, 6) is 0.133. The van der Waals surface area contributed by atoms with Crippen molar-refractivity contribution < 1.29 is 4.79 Å². The Morgan fingerprint density at radius 3 is 2.65 bits per heavy atom. The summed E-state index contributed by atoms with van der Waals surface area (Å²) in [6.07, 6.45) is 7.86. The second-order valence-electron chi connectivity index (χ2n) is 8.85. The summed E-state index contributed by atoms with van der Waals surface area (Å²) in [4.78, 5) is 32.6. The monoisotopic (exact) mass is 476 g/mol. The van der Waals surface area contributed by atoms with E-state index >= 15 is 0 Å². The van der Waals surface area contributed by atoms with Gasteiger partial charge >= 0.3 is 0 Å². The van der Waals surface area contributed by atoms with Gasteiger partial charge in [0, 0.05) is 32.9 Å². The highest BCUT2D eigenvalue weighted by atomic mass is 32.2. The molecule has 0 saturated heterocycles. The molecule has 178 valence electrons. The number of aromatic nitrogens is 2. The molecular formula is C27H32N4O2S. The molecule has 0 radical (unpaired) electrons.